The van der Waals surface area contributed by atoms with Gasteiger partial charge in [0.1, 0.15) is 5.75 Å². The maximum Gasteiger partial charge on any atom is 0.387 e. The molecule has 1 rings (SSSR count). The third-order valence-corrected chi connectivity index (χ3v) is 1.28. The van der Waals surface area contributed by atoms with E-state index in [0.29, 0.717) is 5.69 Å². The first-order valence-corrected chi connectivity index (χ1v) is 3.19. The minimum Gasteiger partial charge on any atom is -0.435 e. The van der Waals surface area contributed by atoms with Crippen LogP contribution in [0, 0.1) is 0 Å². The minimum atomic E-state index is -2.84. The number of hydrogen-bond donors (Lipinski definition) is 2. The van der Waals surface area contributed by atoms with E-state index in [2.05, 4.69) is 4.74 Å². The molecule has 0 radical (unpaired) electrons. The van der Waals surface area contributed by atoms with Crippen LogP contribution >= 0.6 is 24.8 Å². The number of halogens is 4. The summed E-state index contributed by atoms with van der Waals surface area (Å²) in [7, 11) is 0. The molecule has 0 unspecified atom stereocenters. The summed E-state index contributed by atoms with van der Waals surface area (Å²) in [5.74, 6) is 0.0108. The number of rotatable bonds is 2. The Bertz CT molecular complexity index is 286. The molecule has 0 heterocycles. The molecule has 14 heavy (non-hydrogen) atoms. The van der Waals surface area contributed by atoms with E-state index in [1.54, 1.807) is 0 Å². The van der Waals surface area contributed by atoms with Gasteiger partial charge in [-0.15, -0.1) is 24.8 Å². The van der Waals surface area contributed by atoms with Gasteiger partial charge >= 0.3 is 6.61 Å². The van der Waals surface area contributed by atoms with E-state index < -0.39 is 6.61 Å². The van der Waals surface area contributed by atoms with Crippen molar-refractivity contribution in [2.24, 2.45) is 0 Å². The molecule has 1 aromatic rings. The molecule has 0 saturated heterocycles. The third-order valence-electron chi connectivity index (χ3n) is 1.28. The predicted octanol–water partition coefficient (Wildman–Crippen LogP) is 2.30. The summed E-state index contributed by atoms with van der Waals surface area (Å²) in [6, 6.07) is 3.99. The largest absolute Gasteiger partial charge is 0.435 e. The van der Waals surface area contributed by atoms with Crippen molar-refractivity contribution in [2.75, 3.05) is 11.5 Å². The molecular formula is C7H10Cl2F2N2O. The van der Waals surface area contributed by atoms with Crippen LogP contribution in [-0.4, -0.2) is 6.61 Å². The van der Waals surface area contributed by atoms with Crippen LogP contribution in [0.1, 0.15) is 0 Å². The maximum atomic E-state index is 11.7. The second-order valence-corrected chi connectivity index (χ2v) is 2.17. The van der Waals surface area contributed by atoms with Crippen LogP contribution in [0.5, 0.6) is 5.75 Å². The average Bonchev–Trinajstić information content (AvgIpc) is 1.96. The molecule has 82 valence electrons. The molecule has 0 aliphatic carbocycles. The molecule has 0 saturated carbocycles. The van der Waals surface area contributed by atoms with Crippen LogP contribution in [0.25, 0.3) is 0 Å². The molecule has 7 heteroatoms. The van der Waals surface area contributed by atoms with Gasteiger partial charge in [-0.2, -0.15) is 8.78 Å². The lowest BCUT2D eigenvalue weighted by atomic mass is 10.2. The van der Waals surface area contributed by atoms with Gasteiger partial charge in [-0.3, -0.25) is 0 Å². The third kappa shape index (κ3) is 4.34. The van der Waals surface area contributed by atoms with Gasteiger partial charge in [-0.25, -0.2) is 0 Å². The van der Waals surface area contributed by atoms with Crippen molar-refractivity contribution in [2.45, 2.75) is 6.61 Å². The van der Waals surface area contributed by atoms with Crippen molar-refractivity contribution in [3.05, 3.63) is 18.2 Å². The van der Waals surface area contributed by atoms with Gasteiger partial charge in [0.25, 0.3) is 0 Å². The summed E-state index contributed by atoms with van der Waals surface area (Å²) in [4.78, 5) is 0. The highest BCUT2D eigenvalue weighted by atomic mass is 35.5. The second-order valence-electron chi connectivity index (χ2n) is 2.17. The van der Waals surface area contributed by atoms with Gasteiger partial charge in [-0.1, -0.05) is 0 Å². The summed E-state index contributed by atoms with van der Waals surface area (Å²) < 4.78 is 27.4. The SMILES string of the molecule is Cl.Cl.Nc1ccc(OC(F)F)cc1N. The highest BCUT2D eigenvalue weighted by molar-refractivity contribution is 5.85. The molecule has 0 aliphatic heterocycles. The molecule has 4 N–H and O–H groups in total. The molecule has 0 bridgehead atoms. The maximum absolute atomic E-state index is 11.7. The first-order chi connectivity index (χ1) is 5.59. The van der Waals surface area contributed by atoms with Crippen LogP contribution in [0.4, 0.5) is 20.2 Å². The highest BCUT2D eigenvalue weighted by Gasteiger charge is 2.04. The Labute approximate surface area is 92.2 Å². The molecular weight excluding hydrogens is 237 g/mol. The predicted molar refractivity (Wildman–Crippen MR) is 56.4 cm³/mol. The number of nitrogens with two attached hydrogens (primary N) is 2. The lowest BCUT2D eigenvalue weighted by molar-refractivity contribution is -0.0497. The lowest BCUT2D eigenvalue weighted by Gasteiger charge is -2.05. The number of alkyl halides is 2. The van der Waals surface area contributed by atoms with E-state index in [9.17, 15) is 8.78 Å². The van der Waals surface area contributed by atoms with Crippen molar-refractivity contribution in [1.82, 2.24) is 0 Å². The average molecular weight is 247 g/mol. The Balaban J connectivity index is 0. The number of hydrogen-bond acceptors (Lipinski definition) is 3. The highest BCUT2D eigenvalue weighted by Crippen LogP contribution is 2.22. The smallest absolute Gasteiger partial charge is 0.387 e. The Kier molecular flexibility index (Phi) is 7.21. The summed E-state index contributed by atoms with van der Waals surface area (Å²) in [6.07, 6.45) is 0. The van der Waals surface area contributed by atoms with Crippen molar-refractivity contribution < 1.29 is 13.5 Å². The number of nitrogen functional groups attached to an aromatic ring is 2. The Hall–Kier alpha value is -0.940. The quantitative estimate of drug-likeness (QED) is 0.788. The number of anilines is 2. The molecule has 0 spiro atoms. The van der Waals surface area contributed by atoms with E-state index in [4.69, 9.17) is 11.5 Å². The van der Waals surface area contributed by atoms with Crippen molar-refractivity contribution in [3.8, 4) is 5.75 Å². The fourth-order valence-electron chi connectivity index (χ4n) is 0.729. The number of ether oxygens (including phenoxy) is 1. The monoisotopic (exact) mass is 246 g/mol. The zero-order chi connectivity index (χ0) is 9.14. The molecule has 0 amide bonds. The van der Waals surface area contributed by atoms with E-state index in [1.165, 1.54) is 18.2 Å². The van der Waals surface area contributed by atoms with Crippen LogP contribution in [0.2, 0.25) is 0 Å². The molecule has 0 fully saturated rings. The van der Waals surface area contributed by atoms with Gasteiger partial charge < -0.3 is 16.2 Å². The van der Waals surface area contributed by atoms with Crippen LogP contribution in [0.3, 0.4) is 0 Å². The summed E-state index contributed by atoms with van der Waals surface area (Å²) in [5.41, 5.74) is 11.3. The van der Waals surface area contributed by atoms with Gasteiger partial charge in [0.2, 0.25) is 0 Å². The van der Waals surface area contributed by atoms with Gasteiger partial charge in [0.05, 0.1) is 11.4 Å². The van der Waals surface area contributed by atoms with Gasteiger partial charge in [0, 0.05) is 6.07 Å². The molecule has 0 atom stereocenters. The normalized spacial score (nSPS) is 8.79. The van der Waals surface area contributed by atoms with E-state index in [1.807, 2.05) is 0 Å². The second kappa shape index (κ2) is 6.50. The van der Waals surface area contributed by atoms with Crippen LogP contribution in [0.15, 0.2) is 18.2 Å². The summed E-state index contributed by atoms with van der Waals surface area (Å²) >= 11 is 0. The number of benzene rings is 1. The standard InChI is InChI=1S/C7H8F2N2O.2ClH/c8-7(9)12-4-1-2-5(10)6(11)3-4;;/h1-3,7H,10-11H2;2*1H. The fraction of sp³-hybridized carbons (Fsp3) is 0.143. The van der Waals surface area contributed by atoms with Crippen molar-refractivity contribution >= 4 is 36.2 Å². The summed E-state index contributed by atoms with van der Waals surface area (Å²) in [6.45, 7) is -2.84. The van der Waals surface area contributed by atoms with E-state index >= 15 is 0 Å². The topological polar surface area (TPSA) is 61.3 Å². The first-order valence-electron chi connectivity index (χ1n) is 3.19. The fourth-order valence-corrected chi connectivity index (χ4v) is 0.729. The van der Waals surface area contributed by atoms with Crippen molar-refractivity contribution in [3.63, 3.8) is 0 Å². The first kappa shape index (κ1) is 15.5. The van der Waals surface area contributed by atoms with Crippen LogP contribution < -0.4 is 16.2 Å². The minimum absolute atomic E-state index is 0. The molecule has 3 nitrogen and oxygen atoms in total. The zero-order valence-electron chi connectivity index (χ0n) is 6.94. The van der Waals surface area contributed by atoms with Crippen LogP contribution in [-0.2, 0) is 0 Å². The van der Waals surface area contributed by atoms with Crippen molar-refractivity contribution in [1.29, 1.82) is 0 Å². The van der Waals surface area contributed by atoms with Gasteiger partial charge in [0.15, 0.2) is 0 Å². The molecule has 1 aromatic carbocycles. The van der Waals surface area contributed by atoms with E-state index in [-0.39, 0.29) is 36.3 Å². The zero-order valence-corrected chi connectivity index (χ0v) is 8.58. The molecule has 0 aliphatic rings. The lowest BCUT2D eigenvalue weighted by Crippen LogP contribution is -2.03. The Morgan fingerprint density at radius 1 is 1.07 bits per heavy atom. The van der Waals surface area contributed by atoms with E-state index in [0.717, 1.165) is 0 Å². The summed E-state index contributed by atoms with van der Waals surface area (Å²) in [5, 5.41) is 0. The Morgan fingerprint density at radius 2 is 1.64 bits per heavy atom. The molecule has 0 aromatic heterocycles. The van der Waals surface area contributed by atoms with Gasteiger partial charge in [-0.05, 0) is 12.1 Å². The Morgan fingerprint density at radius 3 is 2.07 bits per heavy atom.